The SMILES string of the molecule is COc1cc(CN2CCCC(O)(COc3ccc(Cl)c(Cl)c3)CC2)ccc1OCCn1ccnc1C. The Morgan fingerprint density at radius 1 is 1.03 bits per heavy atom. The van der Waals surface area contributed by atoms with Crippen molar-refractivity contribution >= 4 is 23.2 Å². The van der Waals surface area contributed by atoms with Crippen LogP contribution in [0.4, 0.5) is 0 Å². The number of nitrogens with zero attached hydrogens (tertiary/aromatic N) is 3. The zero-order valence-electron chi connectivity index (χ0n) is 20.8. The van der Waals surface area contributed by atoms with Gasteiger partial charge in [-0.25, -0.2) is 4.98 Å². The Kier molecular flexibility index (Phi) is 9.01. The summed E-state index contributed by atoms with van der Waals surface area (Å²) < 4.78 is 19.5. The van der Waals surface area contributed by atoms with E-state index in [1.165, 1.54) is 0 Å². The molecule has 0 radical (unpaired) electrons. The van der Waals surface area contributed by atoms with E-state index in [2.05, 4.69) is 20.5 Å². The van der Waals surface area contributed by atoms with Crippen molar-refractivity contribution in [2.45, 2.75) is 44.9 Å². The van der Waals surface area contributed by atoms with Gasteiger partial charge >= 0.3 is 0 Å². The largest absolute Gasteiger partial charge is 0.493 e. The fraction of sp³-hybridized carbons (Fsp3) is 0.444. The van der Waals surface area contributed by atoms with Gasteiger partial charge in [-0.3, -0.25) is 4.90 Å². The molecular weight excluding hydrogens is 501 g/mol. The van der Waals surface area contributed by atoms with Crippen molar-refractivity contribution in [3.05, 3.63) is 70.2 Å². The van der Waals surface area contributed by atoms with Gasteiger partial charge in [0.05, 0.1) is 29.3 Å². The van der Waals surface area contributed by atoms with Crippen LogP contribution >= 0.6 is 23.2 Å². The average molecular weight is 534 g/mol. The molecule has 0 saturated carbocycles. The Morgan fingerprint density at radius 2 is 1.89 bits per heavy atom. The van der Waals surface area contributed by atoms with Gasteiger partial charge in [0.15, 0.2) is 11.5 Å². The molecule has 194 valence electrons. The Hall–Kier alpha value is -2.45. The van der Waals surface area contributed by atoms with Gasteiger partial charge in [0, 0.05) is 31.5 Å². The number of aliphatic hydroxyl groups is 1. The third kappa shape index (κ3) is 7.07. The highest BCUT2D eigenvalue weighted by atomic mass is 35.5. The number of aryl methyl sites for hydroxylation is 1. The van der Waals surface area contributed by atoms with Crippen LogP contribution in [0.1, 0.15) is 30.7 Å². The Morgan fingerprint density at radius 3 is 2.64 bits per heavy atom. The first-order valence-corrected chi connectivity index (χ1v) is 12.9. The van der Waals surface area contributed by atoms with Crippen LogP contribution in [0.15, 0.2) is 48.8 Å². The van der Waals surface area contributed by atoms with Crippen molar-refractivity contribution in [1.82, 2.24) is 14.5 Å². The number of likely N-dealkylation sites (tertiary alicyclic amines) is 1. The maximum Gasteiger partial charge on any atom is 0.161 e. The summed E-state index contributed by atoms with van der Waals surface area (Å²) in [6.07, 6.45) is 5.92. The van der Waals surface area contributed by atoms with Crippen LogP contribution in [-0.2, 0) is 13.1 Å². The summed E-state index contributed by atoms with van der Waals surface area (Å²) in [6.45, 7) is 5.89. The molecule has 2 aromatic carbocycles. The van der Waals surface area contributed by atoms with Crippen LogP contribution in [0.5, 0.6) is 17.2 Å². The van der Waals surface area contributed by atoms with E-state index < -0.39 is 5.60 Å². The lowest BCUT2D eigenvalue weighted by Crippen LogP contribution is -2.37. The molecule has 0 bridgehead atoms. The molecule has 1 aromatic heterocycles. The Balaban J connectivity index is 1.29. The second-order valence-electron chi connectivity index (χ2n) is 9.22. The van der Waals surface area contributed by atoms with E-state index >= 15 is 0 Å². The van der Waals surface area contributed by atoms with Crippen molar-refractivity contribution in [2.24, 2.45) is 0 Å². The number of ether oxygens (including phenoxy) is 3. The summed E-state index contributed by atoms with van der Waals surface area (Å²) in [4.78, 5) is 6.59. The molecule has 2 heterocycles. The molecule has 1 fully saturated rings. The van der Waals surface area contributed by atoms with E-state index in [1.54, 1.807) is 31.5 Å². The first-order chi connectivity index (χ1) is 17.3. The highest BCUT2D eigenvalue weighted by molar-refractivity contribution is 6.42. The lowest BCUT2D eigenvalue weighted by molar-refractivity contribution is -0.0168. The minimum atomic E-state index is -0.885. The quantitative estimate of drug-likeness (QED) is 0.377. The average Bonchev–Trinajstić information content (AvgIpc) is 3.18. The number of hydrogen-bond acceptors (Lipinski definition) is 6. The molecule has 1 aliphatic heterocycles. The van der Waals surface area contributed by atoms with Crippen molar-refractivity contribution in [3.8, 4) is 17.2 Å². The van der Waals surface area contributed by atoms with Gasteiger partial charge in [0.2, 0.25) is 0 Å². The van der Waals surface area contributed by atoms with E-state index in [1.807, 2.05) is 25.3 Å². The maximum absolute atomic E-state index is 11.2. The molecule has 1 unspecified atom stereocenters. The number of methoxy groups -OCH3 is 1. The highest BCUT2D eigenvalue weighted by Crippen LogP contribution is 2.31. The molecule has 7 nitrogen and oxygen atoms in total. The highest BCUT2D eigenvalue weighted by Gasteiger charge is 2.31. The van der Waals surface area contributed by atoms with Gasteiger partial charge in [-0.05, 0) is 62.6 Å². The van der Waals surface area contributed by atoms with Crippen molar-refractivity contribution in [2.75, 3.05) is 33.4 Å². The summed E-state index contributed by atoms with van der Waals surface area (Å²) in [5.74, 6) is 3.01. The number of benzene rings is 2. The first kappa shape index (κ1) is 26.6. The van der Waals surface area contributed by atoms with Crippen molar-refractivity contribution < 1.29 is 19.3 Å². The monoisotopic (exact) mass is 533 g/mol. The van der Waals surface area contributed by atoms with E-state index in [0.29, 0.717) is 35.2 Å². The summed E-state index contributed by atoms with van der Waals surface area (Å²) in [7, 11) is 1.66. The Labute approximate surface area is 222 Å². The van der Waals surface area contributed by atoms with E-state index in [0.717, 1.165) is 55.5 Å². The topological polar surface area (TPSA) is 69.0 Å². The third-order valence-electron chi connectivity index (χ3n) is 6.56. The molecule has 36 heavy (non-hydrogen) atoms. The lowest BCUT2D eigenvalue weighted by atomic mass is 9.96. The van der Waals surface area contributed by atoms with Gasteiger partial charge in [0.25, 0.3) is 0 Å². The van der Waals surface area contributed by atoms with Crippen LogP contribution in [0.3, 0.4) is 0 Å². The standard InChI is InChI=1S/C27H33Cl2N3O4/c1-20-30-10-13-32(20)14-15-35-25-7-4-21(16-26(25)34-2)18-31-11-3-8-27(33,9-12-31)19-36-22-5-6-23(28)24(29)17-22/h4-7,10,13,16-17,33H,3,8-9,11-12,14-15,18-19H2,1-2H3. The molecule has 4 rings (SSSR count). The molecule has 0 spiro atoms. The van der Waals surface area contributed by atoms with Crippen LogP contribution in [0.25, 0.3) is 0 Å². The fourth-order valence-corrected chi connectivity index (χ4v) is 4.69. The van der Waals surface area contributed by atoms with Gasteiger partial charge in [-0.2, -0.15) is 0 Å². The second kappa shape index (κ2) is 12.2. The van der Waals surface area contributed by atoms with Gasteiger partial charge in [0.1, 0.15) is 24.8 Å². The third-order valence-corrected chi connectivity index (χ3v) is 7.30. The molecule has 0 amide bonds. The van der Waals surface area contributed by atoms with Gasteiger partial charge in [-0.15, -0.1) is 0 Å². The molecule has 0 aliphatic carbocycles. The first-order valence-electron chi connectivity index (χ1n) is 12.2. The van der Waals surface area contributed by atoms with Gasteiger partial charge in [-0.1, -0.05) is 29.3 Å². The number of halogens is 2. The van der Waals surface area contributed by atoms with E-state index in [9.17, 15) is 5.11 Å². The minimum Gasteiger partial charge on any atom is -0.493 e. The fourth-order valence-electron chi connectivity index (χ4n) is 4.40. The predicted octanol–water partition coefficient (Wildman–Crippen LogP) is 5.38. The van der Waals surface area contributed by atoms with Gasteiger partial charge < -0.3 is 23.9 Å². The zero-order valence-corrected chi connectivity index (χ0v) is 22.3. The van der Waals surface area contributed by atoms with Crippen molar-refractivity contribution in [1.29, 1.82) is 0 Å². The molecule has 1 N–H and O–H groups in total. The number of rotatable bonds is 10. The summed E-state index contributed by atoms with van der Waals surface area (Å²) in [5, 5.41) is 12.1. The molecule has 9 heteroatoms. The van der Waals surface area contributed by atoms with Crippen LogP contribution in [0.2, 0.25) is 10.0 Å². The van der Waals surface area contributed by atoms with Crippen LogP contribution < -0.4 is 14.2 Å². The summed E-state index contributed by atoms with van der Waals surface area (Å²) in [5.41, 5.74) is 0.256. The summed E-state index contributed by atoms with van der Waals surface area (Å²) in [6, 6.07) is 11.2. The molecule has 3 aromatic rings. The minimum absolute atomic E-state index is 0.220. The number of aromatic nitrogens is 2. The number of imidazole rings is 1. The molecule has 1 atom stereocenters. The van der Waals surface area contributed by atoms with Crippen LogP contribution in [0, 0.1) is 6.92 Å². The van der Waals surface area contributed by atoms with E-state index in [4.69, 9.17) is 37.4 Å². The predicted molar refractivity (Wildman–Crippen MR) is 141 cm³/mol. The zero-order chi connectivity index (χ0) is 25.5. The molecular formula is C27H33Cl2N3O4. The van der Waals surface area contributed by atoms with Crippen molar-refractivity contribution in [3.63, 3.8) is 0 Å². The maximum atomic E-state index is 11.2. The second-order valence-corrected chi connectivity index (χ2v) is 10.0. The van der Waals surface area contributed by atoms with E-state index in [-0.39, 0.29) is 6.61 Å². The lowest BCUT2D eigenvalue weighted by Gasteiger charge is -2.27. The smallest absolute Gasteiger partial charge is 0.161 e. The number of hydrogen-bond donors (Lipinski definition) is 1. The van der Waals surface area contributed by atoms with Crippen LogP contribution in [-0.4, -0.2) is 58.6 Å². The Bertz CT molecular complexity index is 1160. The molecule has 1 saturated heterocycles. The normalized spacial score (nSPS) is 18.6. The molecule has 1 aliphatic rings. The summed E-state index contributed by atoms with van der Waals surface area (Å²) >= 11 is 12.0.